The van der Waals surface area contributed by atoms with Gasteiger partial charge in [-0.25, -0.2) is 10.2 Å². The zero-order chi connectivity index (χ0) is 60.5. The van der Waals surface area contributed by atoms with Crippen LogP contribution in [-0.2, 0) is 38.1 Å². The van der Waals surface area contributed by atoms with Crippen LogP contribution in [0.15, 0.2) is 203 Å². The molecule has 0 saturated heterocycles. The van der Waals surface area contributed by atoms with Gasteiger partial charge in [-0.05, 0) is 68.5 Å². The van der Waals surface area contributed by atoms with E-state index in [0.717, 1.165) is 55.6 Å². The Kier molecular flexibility index (Phi) is 23.4. The second-order valence-electron chi connectivity index (χ2n) is 19.4. The number of nitrogens with one attached hydrogen (secondary N) is 3. The molecule has 3 amide bonds. The molecule has 0 saturated carbocycles. The second kappa shape index (κ2) is 31.9. The molecular formula is C66H66N7O12-3. The number of ketones is 1. The molecule has 8 rings (SSSR count). The van der Waals surface area contributed by atoms with Crippen LogP contribution in [0.2, 0.25) is 0 Å². The van der Waals surface area contributed by atoms with Gasteiger partial charge in [0.15, 0.2) is 0 Å². The predicted molar refractivity (Wildman–Crippen MR) is 318 cm³/mol. The summed E-state index contributed by atoms with van der Waals surface area (Å²) in [6.45, 7) is 9.51. The van der Waals surface area contributed by atoms with Gasteiger partial charge >= 0.3 is 18.0 Å². The Morgan fingerprint density at radius 2 is 0.965 bits per heavy atom. The number of benzene rings is 6. The van der Waals surface area contributed by atoms with Gasteiger partial charge in [-0.3, -0.25) is 34.2 Å². The summed E-state index contributed by atoms with van der Waals surface area (Å²) in [5, 5.41) is 48.3. The molecule has 6 aromatic rings. The summed E-state index contributed by atoms with van der Waals surface area (Å²) in [5.74, 6) is -4.67. The monoisotopic (exact) mass is 1150 g/mol. The van der Waals surface area contributed by atoms with Crippen LogP contribution in [0, 0.1) is 0 Å². The summed E-state index contributed by atoms with van der Waals surface area (Å²) in [6.07, 6.45) is 2.36. The van der Waals surface area contributed by atoms with E-state index in [9.17, 15) is 39.3 Å². The number of rotatable bonds is 26. The first-order valence-corrected chi connectivity index (χ1v) is 27.8. The lowest BCUT2D eigenvalue weighted by atomic mass is 9.98. The molecule has 19 nitrogen and oxygen atoms in total. The maximum atomic E-state index is 13.4. The minimum absolute atomic E-state index is 0.00176. The average molecular weight is 1150 g/mol. The van der Waals surface area contributed by atoms with Crippen LogP contribution in [0.25, 0.3) is 22.3 Å². The molecule has 2 aliphatic rings. The minimum atomic E-state index is -1.19. The van der Waals surface area contributed by atoms with Crippen molar-refractivity contribution in [2.24, 2.45) is 20.1 Å². The van der Waals surface area contributed by atoms with Crippen LogP contribution in [0.1, 0.15) is 90.8 Å². The molecular weight excluding hydrogens is 1080 g/mol. The number of urea groups is 1. The van der Waals surface area contributed by atoms with Crippen molar-refractivity contribution in [3.8, 4) is 22.3 Å². The summed E-state index contributed by atoms with van der Waals surface area (Å²) in [6, 6.07) is 46.9. The molecule has 0 unspecified atom stereocenters. The van der Waals surface area contributed by atoms with Crippen molar-refractivity contribution < 1.29 is 58.2 Å². The molecule has 3 N–H and O–H groups in total. The number of carbonyl (C=O) groups excluding carboxylic acids is 5. The largest absolute Gasteiger partial charge is 0.858 e. The zero-order valence-corrected chi connectivity index (χ0v) is 47.2. The maximum Gasteiger partial charge on any atom is 0.335 e. The van der Waals surface area contributed by atoms with Crippen LogP contribution in [0.5, 0.6) is 0 Å². The average Bonchev–Trinajstić information content (AvgIpc) is 2.00. The number of carbonyl (C=O) groups is 5. The molecule has 0 aliphatic heterocycles. The molecule has 0 heterocycles. The van der Waals surface area contributed by atoms with Gasteiger partial charge in [-0.2, -0.15) is 5.10 Å². The molecule has 19 heteroatoms. The Labute approximate surface area is 493 Å². The van der Waals surface area contributed by atoms with Crippen molar-refractivity contribution in [1.29, 1.82) is 0 Å². The van der Waals surface area contributed by atoms with E-state index in [2.05, 4.69) is 49.3 Å². The third kappa shape index (κ3) is 17.2. The minimum Gasteiger partial charge on any atom is -0.858 e. The van der Waals surface area contributed by atoms with Gasteiger partial charge in [0, 0.05) is 30.9 Å². The number of hydrogen-bond donors (Lipinski definition) is 3. The number of aliphatic imine (C=N–C) groups is 3. The topological polar surface area (TPSA) is 277 Å². The highest BCUT2D eigenvalue weighted by molar-refractivity contribution is 6.39. The van der Waals surface area contributed by atoms with Gasteiger partial charge in [-0.1, -0.05) is 210 Å². The SMILES string of the molecule is C=CCOC(=O)CN=C([O-])C(=NNC(=O)NC(c1ccccc1)c1ccccc1)[C@H](CCC)N=C([O-])OCC1c2ccccc2-c2ccccc21.C=CCOC(=O)CNC(=O)C(=O)[C@H](CCC)N=C([O-])OCC1c2ccccc2-c2ccccc21. The Morgan fingerprint density at radius 3 is 1.41 bits per heavy atom. The summed E-state index contributed by atoms with van der Waals surface area (Å²) < 4.78 is 20.8. The number of Topliss-reactive ketones (excluding diaryl/α,β-unsaturated/α-hetero) is 1. The van der Waals surface area contributed by atoms with E-state index in [4.69, 9.17) is 18.9 Å². The first-order valence-electron chi connectivity index (χ1n) is 27.8. The standard InChI is InChI=1S/C40H41N5O6.C26H28N2O6/c1-3-15-34(42-40(49)51-26-33-31-22-13-11-20-29(31)30-21-12-14-23-32(30)33)37(38(47)41-25-35(46)50-24-4-2)44-45-39(48)43-36(27-16-7-5-8-17-27)28-18-9-6-10-19-28;1-3-9-22(24(30)25(31)27-15-23(29)33-14-4-2)28-26(32)34-16-21-19-12-7-5-10-17(19)18-11-6-8-13-20(18)21/h4-14,16-23,33-34,36H,2-3,15,24-26H2,1H3,(H,41,47)(H,42,49)(H2,43,45,48);4-8,10-13,21-22H,2-3,9,14-16H2,1H3,(H,27,31)(H,28,32)/p-3/t34-;22-/m00/s1. The van der Waals surface area contributed by atoms with Crippen molar-refractivity contribution in [3.05, 3.63) is 216 Å². The van der Waals surface area contributed by atoms with Crippen LogP contribution in [0.3, 0.4) is 0 Å². The van der Waals surface area contributed by atoms with Crippen molar-refractivity contribution in [1.82, 2.24) is 16.1 Å². The van der Waals surface area contributed by atoms with E-state index in [1.54, 1.807) is 6.92 Å². The first kappa shape index (κ1) is 62.4. The lowest BCUT2D eigenvalue weighted by Crippen LogP contribution is -2.42. The van der Waals surface area contributed by atoms with Crippen molar-refractivity contribution in [2.75, 3.05) is 39.5 Å². The number of ether oxygens (including phenoxy) is 4. The number of nitrogens with zero attached hydrogens (tertiary/aromatic N) is 4. The molecule has 0 spiro atoms. The van der Waals surface area contributed by atoms with Crippen molar-refractivity contribution in [3.63, 3.8) is 0 Å². The van der Waals surface area contributed by atoms with E-state index in [0.29, 0.717) is 12.8 Å². The molecule has 440 valence electrons. The van der Waals surface area contributed by atoms with Gasteiger partial charge in [-0.15, -0.1) is 0 Å². The number of hydrazone groups is 1. The number of esters is 2. The lowest BCUT2D eigenvalue weighted by Gasteiger charge is -2.25. The second-order valence-corrected chi connectivity index (χ2v) is 19.4. The van der Waals surface area contributed by atoms with E-state index in [-0.39, 0.29) is 56.8 Å². The third-order valence-corrected chi connectivity index (χ3v) is 13.7. The van der Waals surface area contributed by atoms with E-state index in [1.165, 1.54) is 12.2 Å². The molecule has 0 fully saturated rings. The molecule has 0 bridgehead atoms. The number of hydrogen-bond acceptors (Lipinski definition) is 16. The van der Waals surface area contributed by atoms with Crippen LogP contribution in [-0.4, -0.2) is 105 Å². The number of fused-ring (bicyclic) bond motifs is 6. The van der Waals surface area contributed by atoms with Gasteiger partial charge in [0.05, 0.1) is 17.8 Å². The predicted octanol–water partition coefficient (Wildman–Crippen LogP) is 6.75. The first-order chi connectivity index (χ1) is 41.3. The molecule has 6 aromatic carbocycles. The zero-order valence-electron chi connectivity index (χ0n) is 47.2. The van der Waals surface area contributed by atoms with Gasteiger partial charge in [0.25, 0.3) is 5.91 Å². The highest BCUT2D eigenvalue weighted by atomic mass is 16.6. The Bertz CT molecular complexity index is 3290. The van der Waals surface area contributed by atoms with Crippen molar-refractivity contribution >= 4 is 53.4 Å². The van der Waals surface area contributed by atoms with Gasteiger partial charge < -0.3 is 44.9 Å². The quantitative estimate of drug-likeness (QED) is 0.0127. The van der Waals surface area contributed by atoms with Crippen molar-refractivity contribution in [2.45, 2.75) is 69.5 Å². The Hall–Kier alpha value is -10.2. The Morgan fingerprint density at radius 1 is 0.553 bits per heavy atom. The summed E-state index contributed by atoms with van der Waals surface area (Å²) >= 11 is 0. The Balaban J connectivity index is 0.000000264. The summed E-state index contributed by atoms with van der Waals surface area (Å²) in [7, 11) is 0. The van der Waals surface area contributed by atoms with Gasteiger partial charge in [0.1, 0.15) is 44.5 Å². The van der Waals surface area contributed by atoms with E-state index >= 15 is 0 Å². The van der Waals surface area contributed by atoms with Gasteiger partial charge in [0.2, 0.25) is 5.78 Å². The maximum absolute atomic E-state index is 13.4. The molecule has 0 aromatic heterocycles. The fourth-order valence-corrected chi connectivity index (χ4v) is 9.78. The molecule has 85 heavy (non-hydrogen) atoms. The normalized spacial score (nSPS) is 13.5. The highest BCUT2D eigenvalue weighted by Crippen LogP contribution is 2.45. The third-order valence-electron chi connectivity index (χ3n) is 13.7. The smallest absolute Gasteiger partial charge is 0.335 e. The lowest BCUT2D eigenvalue weighted by molar-refractivity contribution is -0.252. The van der Waals surface area contributed by atoms with E-state index in [1.807, 2.05) is 165 Å². The molecule has 2 aliphatic carbocycles. The number of amides is 3. The van der Waals surface area contributed by atoms with Crippen LogP contribution >= 0.6 is 0 Å². The highest BCUT2D eigenvalue weighted by Gasteiger charge is 2.30. The molecule has 2 atom stereocenters. The summed E-state index contributed by atoms with van der Waals surface area (Å²) in [5.41, 5.74) is 12.2. The fraction of sp³-hybridized carbons (Fsp3) is 0.258. The fourth-order valence-electron chi connectivity index (χ4n) is 9.78. The molecule has 0 radical (unpaired) electrons. The summed E-state index contributed by atoms with van der Waals surface area (Å²) in [4.78, 5) is 73.4. The van der Waals surface area contributed by atoms with Crippen LogP contribution in [0.4, 0.5) is 4.79 Å². The van der Waals surface area contributed by atoms with Crippen LogP contribution < -0.4 is 31.4 Å². The van der Waals surface area contributed by atoms with E-state index < -0.39 is 78.9 Å².